The molecule has 0 amide bonds. The van der Waals surface area contributed by atoms with Gasteiger partial charge in [-0.2, -0.15) is 4.89 Å². The van der Waals surface area contributed by atoms with Crippen LogP contribution in [-0.4, -0.2) is 73.1 Å². The van der Waals surface area contributed by atoms with Gasteiger partial charge in [0.2, 0.25) is 5.79 Å². The van der Waals surface area contributed by atoms with Gasteiger partial charge in [-0.1, -0.05) is 12.1 Å². The molecule has 1 saturated carbocycles. The molecule has 4 unspecified atom stereocenters. The summed E-state index contributed by atoms with van der Waals surface area (Å²) in [6.07, 6.45) is -1.29. The Kier molecular flexibility index (Phi) is 8.91. The molecule has 0 heterocycles. The van der Waals surface area contributed by atoms with E-state index in [1.807, 2.05) is 0 Å². The van der Waals surface area contributed by atoms with Crippen molar-refractivity contribution in [3.63, 3.8) is 0 Å². The second kappa shape index (κ2) is 12.1. The first-order valence-corrected chi connectivity index (χ1v) is 11.0. The number of aromatic hydroxyl groups is 4. The first-order chi connectivity index (χ1) is 18.0. The van der Waals surface area contributed by atoms with Crippen molar-refractivity contribution in [3.05, 3.63) is 59.7 Å². The average Bonchev–Trinajstić information content (AvgIpc) is 2.86. The molecule has 38 heavy (non-hydrogen) atoms. The van der Waals surface area contributed by atoms with E-state index in [2.05, 4.69) is 9.62 Å². The fourth-order valence-electron chi connectivity index (χ4n) is 3.56. The number of aliphatic hydroxyl groups excluding tert-OH is 1. The van der Waals surface area contributed by atoms with Gasteiger partial charge in [0, 0.05) is 25.0 Å². The minimum absolute atomic E-state index is 0.0479. The Morgan fingerprint density at radius 3 is 1.92 bits per heavy atom. The molecule has 3 rings (SSSR count). The third kappa shape index (κ3) is 7.46. The van der Waals surface area contributed by atoms with Gasteiger partial charge in [0.1, 0.15) is 0 Å². The van der Waals surface area contributed by atoms with E-state index in [9.17, 15) is 45.0 Å². The van der Waals surface area contributed by atoms with Crippen LogP contribution in [0.15, 0.2) is 48.6 Å². The first-order valence-electron chi connectivity index (χ1n) is 11.0. The normalized spacial score (nSPS) is 23.3. The maximum Gasteiger partial charge on any atom is 0.365 e. The molecule has 13 nitrogen and oxygen atoms in total. The van der Waals surface area contributed by atoms with E-state index in [-0.39, 0.29) is 18.0 Å². The number of rotatable bonds is 9. The van der Waals surface area contributed by atoms with Crippen LogP contribution in [0.25, 0.3) is 12.2 Å². The molecule has 0 saturated heterocycles. The number of carbonyl (C=O) groups is 3. The van der Waals surface area contributed by atoms with E-state index in [4.69, 9.17) is 9.62 Å². The van der Waals surface area contributed by atoms with Gasteiger partial charge in [0.05, 0.1) is 6.10 Å². The smallest absolute Gasteiger partial charge is 0.365 e. The van der Waals surface area contributed by atoms with Crippen LogP contribution in [0.4, 0.5) is 0 Å². The SMILES string of the molecule is O=COC1(O)CC(O)C(OC(=O)/C=C/c2ccc(O)c(O)c2)C(OOC(=O)/C=C/c2ccc(O)c(O)c2)C1. The van der Waals surface area contributed by atoms with Crippen LogP contribution < -0.4 is 0 Å². The largest absolute Gasteiger partial charge is 0.504 e. The van der Waals surface area contributed by atoms with Crippen LogP contribution in [-0.2, 0) is 33.6 Å². The number of phenolic OH excluding ortho intramolecular Hbond substituents is 4. The number of aliphatic hydroxyl groups is 2. The molecule has 0 aliphatic heterocycles. The Bertz CT molecular complexity index is 1240. The van der Waals surface area contributed by atoms with Crippen molar-refractivity contribution in [3.8, 4) is 23.0 Å². The summed E-state index contributed by atoms with van der Waals surface area (Å²) in [5, 5.41) is 58.7. The van der Waals surface area contributed by atoms with Crippen LogP contribution in [0.1, 0.15) is 24.0 Å². The molecule has 6 N–H and O–H groups in total. The molecule has 2 aromatic rings. The molecule has 2 aromatic carbocycles. The highest BCUT2D eigenvalue weighted by Crippen LogP contribution is 2.33. The van der Waals surface area contributed by atoms with E-state index in [0.717, 1.165) is 12.2 Å². The Labute approximate surface area is 214 Å². The number of hydrogen-bond donors (Lipinski definition) is 6. The third-order valence-corrected chi connectivity index (χ3v) is 5.39. The molecule has 1 aliphatic rings. The standard InChI is InChI=1S/C25H24O13/c26-13-35-25(34)11-20(31)24(36-22(32)7-3-14-1-5-16(27)18(29)9-14)21(12-25)37-38-23(33)8-4-15-2-6-17(28)19(30)10-15/h1-10,13,20-21,24,27-31,34H,11-12H2/b7-3+,8-4+. The van der Waals surface area contributed by atoms with E-state index in [0.29, 0.717) is 11.1 Å². The number of hydrogen-bond acceptors (Lipinski definition) is 13. The summed E-state index contributed by atoms with van der Waals surface area (Å²) in [5.41, 5.74) is 0.672. The van der Waals surface area contributed by atoms with E-state index in [1.54, 1.807) is 0 Å². The quantitative estimate of drug-likeness (QED) is 0.0507. The summed E-state index contributed by atoms with van der Waals surface area (Å²) in [6, 6.07) is 7.57. The average molecular weight is 532 g/mol. The third-order valence-electron chi connectivity index (χ3n) is 5.39. The molecule has 4 atom stereocenters. The van der Waals surface area contributed by atoms with Crippen molar-refractivity contribution in [2.75, 3.05) is 0 Å². The summed E-state index contributed by atoms with van der Waals surface area (Å²) < 4.78 is 9.84. The minimum atomic E-state index is -2.21. The highest BCUT2D eigenvalue weighted by Gasteiger charge is 2.50. The van der Waals surface area contributed by atoms with E-state index >= 15 is 0 Å². The van der Waals surface area contributed by atoms with Gasteiger partial charge in [-0.3, -0.25) is 9.68 Å². The number of benzene rings is 2. The predicted molar refractivity (Wildman–Crippen MR) is 126 cm³/mol. The van der Waals surface area contributed by atoms with Crippen molar-refractivity contribution in [1.82, 2.24) is 0 Å². The highest BCUT2D eigenvalue weighted by atomic mass is 17.2. The number of ether oxygens (including phenoxy) is 2. The van der Waals surface area contributed by atoms with Gasteiger partial charge in [-0.15, -0.1) is 0 Å². The summed E-state index contributed by atoms with van der Waals surface area (Å²) in [7, 11) is 0. The molecule has 0 spiro atoms. The van der Waals surface area contributed by atoms with Gasteiger partial charge in [-0.05, 0) is 47.5 Å². The van der Waals surface area contributed by atoms with Crippen LogP contribution in [0, 0.1) is 0 Å². The molecule has 1 aliphatic carbocycles. The highest BCUT2D eigenvalue weighted by molar-refractivity contribution is 5.87. The molecule has 0 aromatic heterocycles. The molecular weight excluding hydrogens is 508 g/mol. The van der Waals surface area contributed by atoms with Crippen molar-refractivity contribution in [2.45, 2.75) is 36.9 Å². The van der Waals surface area contributed by atoms with Gasteiger partial charge in [0.15, 0.2) is 35.2 Å². The van der Waals surface area contributed by atoms with Crippen LogP contribution >= 0.6 is 0 Å². The fourth-order valence-corrected chi connectivity index (χ4v) is 3.56. The van der Waals surface area contributed by atoms with Gasteiger partial charge in [-0.25, -0.2) is 9.59 Å². The van der Waals surface area contributed by atoms with Gasteiger partial charge >= 0.3 is 11.9 Å². The Hall–Kier alpha value is -4.59. The zero-order chi connectivity index (χ0) is 27.9. The monoisotopic (exact) mass is 532 g/mol. The molecule has 1 fully saturated rings. The maximum absolute atomic E-state index is 12.4. The lowest BCUT2D eigenvalue weighted by Gasteiger charge is -2.40. The first kappa shape index (κ1) is 28.0. The van der Waals surface area contributed by atoms with Crippen LogP contribution in [0.3, 0.4) is 0 Å². The maximum atomic E-state index is 12.4. The Balaban J connectivity index is 1.68. The molecule has 0 radical (unpaired) electrons. The second-order valence-corrected chi connectivity index (χ2v) is 8.24. The zero-order valence-electron chi connectivity index (χ0n) is 19.5. The zero-order valence-corrected chi connectivity index (χ0v) is 19.5. The minimum Gasteiger partial charge on any atom is -0.504 e. The molecule has 202 valence electrons. The van der Waals surface area contributed by atoms with Crippen molar-refractivity contribution in [2.24, 2.45) is 0 Å². The van der Waals surface area contributed by atoms with Crippen LogP contribution in [0.5, 0.6) is 23.0 Å². The molecule has 13 heteroatoms. The topological polar surface area (TPSA) is 210 Å². The Morgan fingerprint density at radius 2 is 1.39 bits per heavy atom. The van der Waals surface area contributed by atoms with Crippen molar-refractivity contribution in [1.29, 1.82) is 0 Å². The summed E-state index contributed by atoms with van der Waals surface area (Å²) >= 11 is 0. The van der Waals surface area contributed by atoms with Gasteiger partial charge in [0.25, 0.3) is 6.47 Å². The fraction of sp³-hybridized carbons (Fsp3) is 0.240. The lowest BCUT2D eigenvalue weighted by atomic mass is 9.87. The Morgan fingerprint density at radius 1 is 0.842 bits per heavy atom. The summed E-state index contributed by atoms with van der Waals surface area (Å²) in [5.74, 6) is -5.78. The lowest BCUT2D eigenvalue weighted by molar-refractivity contribution is -0.345. The second-order valence-electron chi connectivity index (χ2n) is 8.24. The van der Waals surface area contributed by atoms with E-state index < -0.39 is 60.4 Å². The molecule has 0 bridgehead atoms. The number of carbonyl (C=O) groups excluding carboxylic acids is 3. The van der Waals surface area contributed by atoms with Gasteiger partial charge < -0.3 is 40.1 Å². The number of phenols is 4. The van der Waals surface area contributed by atoms with Crippen molar-refractivity contribution < 1.29 is 64.3 Å². The van der Waals surface area contributed by atoms with E-state index in [1.165, 1.54) is 48.6 Å². The molecular formula is C25H24O13. The lowest BCUT2D eigenvalue weighted by Crippen LogP contribution is -2.56. The van der Waals surface area contributed by atoms with Crippen molar-refractivity contribution >= 4 is 30.6 Å². The summed E-state index contributed by atoms with van der Waals surface area (Å²) in [4.78, 5) is 45.0. The predicted octanol–water partition coefficient (Wildman–Crippen LogP) is 1.01. The summed E-state index contributed by atoms with van der Waals surface area (Å²) in [6.45, 7) is -0.0479. The number of esters is 1. The van der Waals surface area contributed by atoms with Crippen LogP contribution in [0.2, 0.25) is 0 Å².